The lowest BCUT2D eigenvalue weighted by Crippen LogP contribution is -2.44. The van der Waals surface area contributed by atoms with Crippen molar-refractivity contribution in [1.29, 1.82) is 0 Å². The first-order valence-electron chi connectivity index (χ1n) is 3.60. The van der Waals surface area contributed by atoms with Gasteiger partial charge in [-0.3, -0.25) is 4.90 Å². The highest BCUT2D eigenvalue weighted by atomic mass is 16.3. The van der Waals surface area contributed by atoms with E-state index >= 15 is 0 Å². The summed E-state index contributed by atoms with van der Waals surface area (Å²) < 4.78 is 0. The highest BCUT2D eigenvalue weighted by Gasteiger charge is 2.20. The number of aliphatic hydroxyl groups excluding tert-OH is 1. The van der Waals surface area contributed by atoms with E-state index in [1.807, 2.05) is 6.92 Å². The van der Waals surface area contributed by atoms with Crippen LogP contribution in [0.4, 0.5) is 0 Å². The van der Waals surface area contributed by atoms with Gasteiger partial charge in [0.2, 0.25) is 0 Å². The summed E-state index contributed by atoms with van der Waals surface area (Å²) >= 11 is 0. The largest absolute Gasteiger partial charge is 0.381 e. The molecule has 2 N–H and O–H groups in total. The number of hydrogen-bond acceptors (Lipinski definition) is 3. The molecule has 0 spiro atoms. The summed E-state index contributed by atoms with van der Waals surface area (Å²) in [5.74, 6) is 0. The van der Waals surface area contributed by atoms with Gasteiger partial charge in [-0.1, -0.05) is 6.92 Å². The molecule has 3 nitrogen and oxygen atoms in total. The zero-order valence-corrected chi connectivity index (χ0v) is 6.96. The number of nitrogens with zero attached hydrogens (tertiary/aromatic N) is 1. The Bertz CT molecular complexity index is 88.1. The fourth-order valence-corrected chi connectivity index (χ4v) is 0.787. The van der Waals surface area contributed by atoms with E-state index in [-0.39, 0.29) is 6.73 Å². The molecule has 3 heteroatoms. The molecule has 0 aromatic carbocycles. The molecule has 0 saturated heterocycles. The maximum atomic E-state index is 9.37. The molecule has 10 heavy (non-hydrogen) atoms. The molecular formula is C7H17NO2. The van der Waals surface area contributed by atoms with Crippen LogP contribution in [0.25, 0.3) is 0 Å². The fraction of sp³-hybridized carbons (Fsp3) is 1.00. The molecule has 0 rings (SSSR count). The van der Waals surface area contributed by atoms with Crippen molar-refractivity contribution >= 4 is 0 Å². The first kappa shape index (κ1) is 9.88. The Hall–Kier alpha value is -0.120. The minimum absolute atomic E-state index is 0.0860. The van der Waals surface area contributed by atoms with Crippen LogP contribution in [-0.2, 0) is 0 Å². The molecule has 0 amide bonds. The summed E-state index contributed by atoms with van der Waals surface area (Å²) in [6, 6.07) is 0. The van der Waals surface area contributed by atoms with Crippen molar-refractivity contribution < 1.29 is 10.2 Å². The molecule has 0 atom stereocenters. The third kappa shape index (κ3) is 3.15. The summed E-state index contributed by atoms with van der Waals surface area (Å²) in [4.78, 5) is 1.60. The Kier molecular flexibility index (Phi) is 3.86. The van der Waals surface area contributed by atoms with Crippen molar-refractivity contribution in [2.75, 3.05) is 13.3 Å². The Morgan fingerprint density at radius 1 is 1.40 bits per heavy atom. The maximum absolute atomic E-state index is 9.37. The zero-order chi connectivity index (χ0) is 8.20. The van der Waals surface area contributed by atoms with Gasteiger partial charge in [0.25, 0.3) is 0 Å². The van der Waals surface area contributed by atoms with E-state index in [1.165, 1.54) is 0 Å². The summed E-state index contributed by atoms with van der Waals surface area (Å²) in [6.45, 7) is 5.98. The SMILES string of the molecule is CCCN(CO)C(C)(C)O. The van der Waals surface area contributed by atoms with Crippen molar-refractivity contribution in [1.82, 2.24) is 4.90 Å². The van der Waals surface area contributed by atoms with Gasteiger partial charge in [-0.25, -0.2) is 0 Å². The van der Waals surface area contributed by atoms with Gasteiger partial charge in [0.05, 0.1) is 6.73 Å². The van der Waals surface area contributed by atoms with Crippen LogP contribution in [0.2, 0.25) is 0 Å². The van der Waals surface area contributed by atoms with Crippen LogP contribution in [-0.4, -0.2) is 34.1 Å². The fourth-order valence-electron chi connectivity index (χ4n) is 0.787. The van der Waals surface area contributed by atoms with Gasteiger partial charge in [0.15, 0.2) is 0 Å². The molecule has 0 aliphatic heterocycles. The molecule has 0 saturated carbocycles. The zero-order valence-electron chi connectivity index (χ0n) is 6.96. The lowest BCUT2D eigenvalue weighted by molar-refractivity contribution is -0.113. The lowest BCUT2D eigenvalue weighted by atomic mass is 10.2. The minimum atomic E-state index is -0.898. The third-order valence-corrected chi connectivity index (χ3v) is 1.44. The van der Waals surface area contributed by atoms with E-state index in [9.17, 15) is 5.11 Å². The van der Waals surface area contributed by atoms with Gasteiger partial charge in [-0.15, -0.1) is 0 Å². The predicted molar refractivity (Wildman–Crippen MR) is 40.4 cm³/mol. The Balaban J connectivity index is 3.81. The van der Waals surface area contributed by atoms with Gasteiger partial charge >= 0.3 is 0 Å². The summed E-state index contributed by atoms with van der Waals surface area (Å²) in [5.41, 5.74) is -0.898. The van der Waals surface area contributed by atoms with Crippen molar-refractivity contribution in [3.05, 3.63) is 0 Å². The highest BCUT2D eigenvalue weighted by Crippen LogP contribution is 2.08. The van der Waals surface area contributed by atoms with Gasteiger partial charge < -0.3 is 10.2 Å². The molecule has 0 aromatic heterocycles. The molecular weight excluding hydrogens is 130 g/mol. The van der Waals surface area contributed by atoms with Crippen LogP contribution in [0.15, 0.2) is 0 Å². The van der Waals surface area contributed by atoms with Gasteiger partial charge in [-0.2, -0.15) is 0 Å². The minimum Gasteiger partial charge on any atom is -0.381 e. The molecule has 62 valence electrons. The molecule has 0 heterocycles. The van der Waals surface area contributed by atoms with Crippen molar-refractivity contribution in [3.63, 3.8) is 0 Å². The summed E-state index contributed by atoms with van der Waals surface area (Å²) in [5, 5.41) is 18.1. The van der Waals surface area contributed by atoms with E-state index in [4.69, 9.17) is 5.11 Å². The van der Waals surface area contributed by atoms with E-state index in [2.05, 4.69) is 0 Å². The smallest absolute Gasteiger partial charge is 0.114 e. The van der Waals surface area contributed by atoms with Crippen molar-refractivity contribution in [3.8, 4) is 0 Å². The van der Waals surface area contributed by atoms with Gasteiger partial charge in [-0.05, 0) is 20.3 Å². The quantitative estimate of drug-likeness (QED) is 0.565. The Labute approximate surface area is 62.3 Å². The average Bonchev–Trinajstić information content (AvgIpc) is 1.80. The van der Waals surface area contributed by atoms with Gasteiger partial charge in [0.1, 0.15) is 5.72 Å². The van der Waals surface area contributed by atoms with Crippen LogP contribution in [0.5, 0.6) is 0 Å². The molecule has 0 aliphatic rings. The molecule has 0 aliphatic carbocycles. The Morgan fingerprint density at radius 3 is 2.00 bits per heavy atom. The number of rotatable bonds is 4. The first-order valence-corrected chi connectivity index (χ1v) is 3.60. The molecule has 0 aromatic rings. The van der Waals surface area contributed by atoms with Crippen LogP contribution in [0.1, 0.15) is 27.2 Å². The van der Waals surface area contributed by atoms with Crippen LogP contribution < -0.4 is 0 Å². The second-order valence-electron chi connectivity index (χ2n) is 2.90. The van der Waals surface area contributed by atoms with Gasteiger partial charge in [0, 0.05) is 6.54 Å². The monoisotopic (exact) mass is 147 g/mol. The Morgan fingerprint density at radius 2 is 1.90 bits per heavy atom. The molecule has 0 radical (unpaired) electrons. The topological polar surface area (TPSA) is 43.7 Å². The maximum Gasteiger partial charge on any atom is 0.114 e. The normalized spacial score (nSPS) is 12.6. The molecule has 0 bridgehead atoms. The second kappa shape index (κ2) is 3.91. The number of hydrogen-bond donors (Lipinski definition) is 2. The summed E-state index contributed by atoms with van der Waals surface area (Å²) in [6.07, 6.45) is 0.935. The van der Waals surface area contributed by atoms with E-state index in [0.717, 1.165) is 13.0 Å². The van der Waals surface area contributed by atoms with E-state index in [1.54, 1.807) is 18.7 Å². The summed E-state index contributed by atoms with van der Waals surface area (Å²) in [7, 11) is 0. The highest BCUT2D eigenvalue weighted by molar-refractivity contribution is 4.64. The van der Waals surface area contributed by atoms with E-state index in [0.29, 0.717) is 0 Å². The van der Waals surface area contributed by atoms with Crippen molar-refractivity contribution in [2.45, 2.75) is 32.9 Å². The first-order chi connectivity index (χ1) is 4.52. The van der Waals surface area contributed by atoms with Crippen LogP contribution >= 0.6 is 0 Å². The van der Waals surface area contributed by atoms with Crippen LogP contribution in [0.3, 0.4) is 0 Å². The number of aliphatic hydroxyl groups is 2. The third-order valence-electron chi connectivity index (χ3n) is 1.44. The van der Waals surface area contributed by atoms with E-state index < -0.39 is 5.72 Å². The standard InChI is InChI=1S/C7H17NO2/c1-4-5-8(6-9)7(2,3)10/h9-10H,4-6H2,1-3H3. The average molecular weight is 147 g/mol. The van der Waals surface area contributed by atoms with Crippen LogP contribution in [0, 0.1) is 0 Å². The molecule has 0 fully saturated rings. The lowest BCUT2D eigenvalue weighted by Gasteiger charge is -2.31. The van der Waals surface area contributed by atoms with Crippen molar-refractivity contribution in [2.24, 2.45) is 0 Å². The predicted octanol–water partition coefficient (Wildman–Crippen LogP) is 0.377. The molecule has 0 unspecified atom stereocenters. The second-order valence-corrected chi connectivity index (χ2v) is 2.90.